The molecule has 3 rings (SSSR count). The first-order valence-corrected chi connectivity index (χ1v) is 8.10. The Hall–Kier alpha value is 0.270. The summed E-state index contributed by atoms with van der Waals surface area (Å²) in [6, 6.07) is 0.887. The van der Waals surface area contributed by atoms with Crippen LogP contribution in [0.15, 0.2) is 0 Å². The number of rotatable bonds is 1. The molecule has 0 aromatic heterocycles. The molecule has 2 heterocycles. The van der Waals surface area contributed by atoms with E-state index in [1.54, 1.807) is 0 Å². The topological polar surface area (TPSA) is 15.3 Å². The van der Waals surface area contributed by atoms with Gasteiger partial charge in [-0.2, -0.15) is 11.8 Å². The van der Waals surface area contributed by atoms with Gasteiger partial charge in [0.1, 0.15) is 0 Å². The lowest BCUT2D eigenvalue weighted by Gasteiger charge is -2.45. The van der Waals surface area contributed by atoms with Crippen LogP contribution in [0.2, 0.25) is 0 Å². The van der Waals surface area contributed by atoms with Gasteiger partial charge in [0.25, 0.3) is 0 Å². The highest BCUT2D eigenvalue weighted by atomic mass is 32.2. The van der Waals surface area contributed by atoms with E-state index in [1.165, 1.54) is 69.7 Å². The van der Waals surface area contributed by atoms with Crippen molar-refractivity contribution in [3.05, 3.63) is 0 Å². The number of thioether (sulfide) groups is 1. The Morgan fingerprint density at radius 1 is 1.19 bits per heavy atom. The molecule has 3 heteroatoms. The number of hydrogen-bond donors (Lipinski definition) is 1. The van der Waals surface area contributed by atoms with Crippen molar-refractivity contribution < 1.29 is 0 Å². The minimum Gasteiger partial charge on any atom is -0.309 e. The Balaban J connectivity index is 1.62. The van der Waals surface area contributed by atoms with E-state index in [0.717, 1.165) is 6.04 Å². The van der Waals surface area contributed by atoms with Gasteiger partial charge in [0.05, 0.1) is 0 Å². The van der Waals surface area contributed by atoms with Crippen molar-refractivity contribution in [1.29, 1.82) is 0 Å². The first kappa shape index (κ1) is 11.4. The minimum absolute atomic E-state index is 0.514. The van der Waals surface area contributed by atoms with Gasteiger partial charge in [-0.05, 0) is 31.4 Å². The molecule has 0 aromatic rings. The van der Waals surface area contributed by atoms with Gasteiger partial charge >= 0.3 is 0 Å². The normalized spacial score (nSPS) is 35.6. The van der Waals surface area contributed by atoms with Crippen molar-refractivity contribution in [2.75, 3.05) is 31.1 Å². The van der Waals surface area contributed by atoms with E-state index >= 15 is 0 Å². The summed E-state index contributed by atoms with van der Waals surface area (Å²) in [5.41, 5.74) is 0.514. The molecule has 1 saturated carbocycles. The number of nitrogens with one attached hydrogen (secondary N) is 1. The number of hydrogen-bond acceptors (Lipinski definition) is 3. The lowest BCUT2D eigenvalue weighted by molar-refractivity contribution is 0.0973. The van der Waals surface area contributed by atoms with Crippen LogP contribution in [0.3, 0.4) is 0 Å². The average Bonchev–Trinajstić information content (AvgIpc) is 2.78. The van der Waals surface area contributed by atoms with Crippen LogP contribution in [0.4, 0.5) is 0 Å². The smallest absolute Gasteiger partial charge is 0.0309 e. The zero-order valence-corrected chi connectivity index (χ0v) is 11.0. The van der Waals surface area contributed by atoms with Gasteiger partial charge in [-0.3, -0.25) is 4.90 Å². The quantitative estimate of drug-likeness (QED) is 0.755. The van der Waals surface area contributed by atoms with E-state index < -0.39 is 0 Å². The first-order chi connectivity index (χ1) is 7.88. The maximum atomic E-state index is 3.82. The van der Waals surface area contributed by atoms with Crippen LogP contribution in [-0.4, -0.2) is 47.6 Å². The van der Waals surface area contributed by atoms with E-state index in [9.17, 15) is 0 Å². The molecule has 0 amide bonds. The maximum absolute atomic E-state index is 3.82. The van der Waals surface area contributed by atoms with Gasteiger partial charge in [-0.25, -0.2) is 0 Å². The summed E-state index contributed by atoms with van der Waals surface area (Å²) in [5.74, 6) is 2.78. The molecule has 2 saturated heterocycles. The van der Waals surface area contributed by atoms with Gasteiger partial charge < -0.3 is 5.32 Å². The second-order valence-electron chi connectivity index (χ2n) is 5.76. The Morgan fingerprint density at radius 3 is 2.81 bits per heavy atom. The standard InChI is InChI=1S/C13H24N2S/c1-2-6-13(5-1)11-15(8-7-14-13)12-4-3-9-16-10-12/h12,14H,1-11H2. The van der Waals surface area contributed by atoms with Crippen LogP contribution in [0.5, 0.6) is 0 Å². The van der Waals surface area contributed by atoms with Crippen molar-refractivity contribution in [3.8, 4) is 0 Å². The Morgan fingerprint density at radius 2 is 2.06 bits per heavy atom. The summed E-state index contributed by atoms with van der Waals surface area (Å²) < 4.78 is 0. The summed E-state index contributed by atoms with van der Waals surface area (Å²) in [6.45, 7) is 3.84. The highest BCUT2D eigenvalue weighted by Crippen LogP contribution is 2.33. The van der Waals surface area contributed by atoms with Crippen molar-refractivity contribution in [2.24, 2.45) is 0 Å². The average molecular weight is 240 g/mol. The summed E-state index contributed by atoms with van der Waals surface area (Å²) in [7, 11) is 0. The molecular formula is C13H24N2S. The fraction of sp³-hybridized carbons (Fsp3) is 1.00. The third-order valence-corrected chi connectivity index (χ3v) is 5.82. The van der Waals surface area contributed by atoms with E-state index in [0.29, 0.717) is 5.54 Å². The summed E-state index contributed by atoms with van der Waals surface area (Å²) >= 11 is 2.17. The van der Waals surface area contributed by atoms with Crippen LogP contribution in [-0.2, 0) is 0 Å². The van der Waals surface area contributed by atoms with Crippen LogP contribution in [0.1, 0.15) is 38.5 Å². The largest absolute Gasteiger partial charge is 0.309 e. The zero-order chi connectivity index (χ0) is 10.8. The summed E-state index contributed by atoms with van der Waals surface area (Å²) in [6.07, 6.45) is 8.61. The van der Waals surface area contributed by atoms with Crippen LogP contribution < -0.4 is 5.32 Å². The summed E-state index contributed by atoms with van der Waals surface area (Å²) in [4.78, 5) is 2.80. The van der Waals surface area contributed by atoms with Crippen molar-refractivity contribution in [3.63, 3.8) is 0 Å². The molecule has 3 aliphatic rings. The molecule has 0 aromatic carbocycles. The molecule has 0 radical (unpaired) electrons. The van der Waals surface area contributed by atoms with Gasteiger partial charge in [0.2, 0.25) is 0 Å². The molecular weight excluding hydrogens is 216 g/mol. The van der Waals surface area contributed by atoms with E-state index in [2.05, 4.69) is 22.0 Å². The second kappa shape index (κ2) is 4.87. The molecule has 3 fully saturated rings. The summed E-state index contributed by atoms with van der Waals surface area (Å²) in [5, 5.41) is 3.82. The van der Waals surface area contributed by atoms with E-state index in [4.69, 9.17) is 0 Å². The predicted octanol–water partition coefficient (Wildman–Crippen LogP) is 2.10. The second-order valence-corrected chi connectivity index (χ2v) is 6.91. The highest BCUT2D eigenvalue weighted by molar-refractivity contribution is 7.99. The van der Waals surface area contributed by atoms with Crippen LogP contribution in [0, 0.1) is 0 Å². The first-order valence-electron chi connectivity index (χ1n) is 6.95. The van der Waals surface area contributed by atoms with E-state index in [-0.39, 0.29) is 0 Å². The van der Waals surface area contributed by atoms with Gasteiger partial charge in [-0.1, -0.05) is 12.8 Å². The molecule has 2 aliphatic heterocycles. The fourth-order valence-corrected chi connectivity index (χ4v) is 4.89. The molecule has 1 N–H and O–H groups in total. The van der Waals surface area contributed by atoms with Gasteiger partial charge in [0, 0.05) is 37.0 Å². The van der Waals surface area contributed by atoms with Crippen molar-refractivity contribution >= 4 is 11.8 Å². The van der Waals surface area contributed by atoms with Crippen LogP contribution in [0.25, 0.3) is 0 Å². The predicted molar refractivity (Wildman–Crippen MR) is 71.1 cm³/mol. The lowest BCUT2D eigenvalue weighted by Crippen LogP contribution is -2.61. The lowest BCUT2D eigenvalue weighted by atomic mass is 9.93. The van der Waals surface area contributed by atoms with Crippen molar-refractivity contribution in [1.82, 2.24) is 10.2 Å². The molecule has 0 bridgehead atoms. The van der Waals surface area contributed by atoms with Crippen LogP contribution >= 0.6 is 11.8 Å². The maximum Gasteiger partial charge on any atom is 0.0309 e. The Kier molecular flexibility index (Phi) is 3.46. The highest BCUT2D eigenvalue weighted by Gasteiger charge is 2.39. The molecule has 2 nitrogen and oxygen atoms in total. The SMILES string of the molecule is C1CSCC(N2CCNC3(CCCC3)C2)C1. The zero-order valence-electron chi connectivity index (χ0n) is 10.2. The minimum atomic E-state index is 0.514. The third kappa shape index (κ3) is 2.27. The van der Waals surface area contributed by atoms with Gasteiger partial charge in [-0.15, -0.1) is 0 Å². The number of nitrogens with zero attached hydrogens (tertiary/aromatic N) is 1. The Labute approximate surface area is 104 Å². The monoisotopic (exact) mass is 240 g/mol. The fourth-order valence-electron chi connectivity index (χ4n) is 3.70. The molecule has 1 spiro atoms. The molecule has 92 valence electrons. The van der Waals surface area contributed by atoms with E-state index in [1.807, 2.05) is 0 Å². The molecule has 1 atom stereocenters. The molecule has 1 unspecified atom stereocenters. The van der Waals surface area contributed by atoms with Crippen molar-refractivity contribution in [2.45, 2.75) is 50.1 Å². The third-order valence-electron chi connectivity index (χ3n) is 4.62. The molecule has 16 heavy (non-hydrogen) atoms. The Bertz CT molecular complexity index is 232. The molecule has 1 aliphatic carbocycles. The van der Waals surface area contributed by atoms with Gasteiger partial charge in [0.15, 0.2) is 0 Å². The number of piperazine rings is 1.